The third kappa shape index (κ3) is 7.55. The number of carbonyl (C=O) groups excluding carboxylic acids is 1. The van der Waals surface area contributed by atoms with E-state index in [1.807, 2.05) is 0 Å². The van der Waals surface area contributed by atoms with Gasteiger partial charge in [0.05, 0.1) is 32.1 Å². The van der Waals surface area contributed by atoms with Crippen LogP contribution in [0.3, 0.4) is 0 Å². The number of rotatable bonds is 14. The van der Waals surface area contributed by atoms with E-state index in [4.69, 9.17) is 49.1 Å². The van der Waals surface area contributed by atoms with Crippen LogP contribution in [-0.4, -0.2) is 106 Å². The molecular weight excluding hydrogens is 699 g/mol. The molecule has 50 heavy (non-hydrogen) atoms. The molecule has 1 aliphatic carbocycles. The van der Waals surface area contributed by atoms with Gasteiger partial charge >= 0.3 is 19.7 Å². The van der Waals surface area contributed by atoms with Gasteiger partial charge in [0, 0.05) is 13.2 Å². The molecule has 2 aromatic heterocycles. The quantitative estimate of drug-likeness (QED) is 0.231. The highest BCUT2D eigenvalue weighted by atomic mass is 35.5. The Morgan fingerprint density at radius 3 is 2.34 bits per heavy atom. The van der Waals surface area contributed by atoms with Crippen LogP contribution in [0.25, 0.3) is 5.52 Å². The van der Waals surface area contributed by atoms with Crippen LogP contribution in [0.5, 0.6) is 0 Å². The molecule has 1 saturated carbocycles. The van der Waals surface area contributed by atoms with Crippen molar-refractivity contribution in [1.82, 2.24) is 14.6 Å². The van der Waals surface area contributed by atoms with E-state index < -0.39 is 74.0 Å². The van der Waals surface area contributed by atoms with Crippen LogP contribution in [-0.2, 0) is 46.8 Å². The zero-order valence-corrected chi connectivity index (χ0v) is 31.4. The molecule has 16 nitrogen and oxygen atoms in total. The number of nitrogens with zero attached hydrogens (tertiary/aromatic N) is 4. The summed E-state index contributed by atoms with van der Waals surface area (Å²) in [6.07, 6.45) is -0.278. The van der Waals surface area contributed by atoms with Crippen molar-refractivity contribution in [2.75, 3.05) is 38.4 Å². The van der Waals surface area contributed by atoms with Gasteiger partial charge < -0.3 is 42.6 Å². The lowest BCUT2D eigenvalue weighted by Crippen LogP contribution is -2.49. The Balaban J connectivity index is 1.52. The fourth-order valence-corrected chi connectivity index (χ4v) is 8.83. The monoisotopic (exact) mass is 746 g/mol. The van der Waals surface area contributed by atoms with Gasteiger partial charge in [0.1, 0.15) is 35.5 Å². The number of fused-ring (bicyclic) bond motifs is 2. The smallest absolute Gasteiger partial charge is 0.416 e. The maximum absolute atomic E-state index is 13.9. The van der Waals surface area contributed by atoms with Crippen LogP contribution in [0.15, 0.2) is 12.1 Å². The van der Waals surface area contributed by atoms with E-state index in [2.05, 4.69) is 10.1 Å². The van der Waals surface area contributed by atoms with E-state index in [0.717, 1.165) is 25.7 Å². The summed E-state index contributed by atoms with van der Waals surface area (Å²) in [7, 11) is -3.19. The Kier molecular flexibility index (Phi) is 11.6. The van der Waals surface area contributed by atoms with Crippen LogP contribution in [0.1, 0.15) is 85.9 Å². The lowest BCUT2D eigenvalue weighted by atomic mass is 10.1. The summed E-state index contributed by atoms with van der Waals surface area (Å²) in [5.74, 6) is -2.34. The molecule has 1 amide bonds. The van der Waals surface area contributed by atoms with Gasteiger partial charge in [0.2, 0.25) is 5.28 Å². The first kappa shape index (κ1) is 38.8. The molecule has 5 atom stereocenters. The molecule has 5 rings (SSSR count). The van der Waals surface area contributed by atoms with Gasteiger partial charge in [0.15, 0.2) is 11.6 Å². The molecule has 2 saturated heterocycles. The van der Waals surface area contributed by atoms with E-state index in [-0.39, 0.29) is 24.5 Å². The first-order valence-corrected chi connectivity index (χ1v) is 18.8. The highest BCUT2D eigenvalue weighted by molar-refractivity contribution is 7.56. The minimum atomic E-state index is -4.44. The molecule has 4 heterocycles. The van der Waals surface area contributed by atoms with Gasteiger partial charge in [-0.2, -0.15) is 4.98 Å². The van der Waals surface area contributed by atoms with E-state index >= 15 is 0 Å². The normalized spacial score (nSPS) is 25.1. The molecule has 1 N–H and O–H groups in total. The summed E-state index contributed by atoms with van der Waals surface area (Å²) in [6.45, 7) is 10.8. The number of amides is 1. The standard InChI is InChI=1S/C32H48ClN4O12P/c1-9-44-50(41,45-10-2)32(18-42-8,27(38)39)43-17-22-24-25(48-31(6,7)47-24)23(46-22)20-15-16-21-26(34-28(33)35-37(20)21)36(19-13-11-12-14-19)29(40)49-30(3,4)5/h15-16,19,22-25H,9-14,17-18H2,1-8H3,(H,38,39)/t22-,23-,24-,25+,32?/m1/s1. The van der Waals surface area contributed by atoms with Crippen LogP contribution in [0.2, 0.25) is 5.28 Å². The fourth-order valence-electron chi connectivity index (χ4n) is 6.75. The Labute approximate surface area is 296 Å². The highest BCUT2D eigenvalue weighted by Crippen LogP contribution is 2.61. The average molecular weight is 747 g/mol. The van der Waals surface area contributed by atoms with Crippen molar-refractivity contribution in [3.63, 3.8) is 0 Å². The Hall–Kier alpha value is -2.40. The van der Waals surface area contributed by atoms with E-state index in [1.54, 1.807) is 70.0 Å². The fraction of sp³-hybridized carbons (Fsp3) is 0.750. The lowest BCUT2D eigenvalue weighted by molar-refractivity contribution is -0.201. The molecule has 0 spiro atoms. The molecule has 3 fully saturated rings. The largest absolute Gasteiger partial charge is 0.479 e. The second-order valence-corrected chi connectivity index (χ2v) is 16.4. The Bertz CT molecular complexity index is 1580. The maximum atomic E-state index is 13.9. The first-order valence-electron chi connectivity index (χ1n) is 16.8. The molecular formula is C32H48ClN4O12P. The zero-order chi connectivity index (χ0) is 36.6. The molecule has 3 aliphatic rings. The van der Waals surface area contributed by atoms with Gasteiger partial charge in [-0.15, -0.1) is 5.10 Å². The molecule has 0 aromatic carbocycles. The molecule has 1 unspecified atom stereocenters. The van der Waals surface area contributed by atoms with Crippen LogP contribution in [0.4, 0.5) is 10.6 Å². The summed E-state index contributed by atoms with van der Waals surface area (Å²) in [5.41, 5.74) is 0.251. The predicted octanol–water partition coefficient (Wildman–Crippen LogP) is 5.74. The topological polar surface area (TPSA) is 179 Å². The maximum Gasteiger partial charge on any atom is 0.416 e. The number of hydrogen-bond donors (Lipinski definition) is 1. The number of aliphatic carboxylic acids is 1. The van der Waals surface area contributed by atoms with E-state index in [1.165, 1.54) is 7.11 Å². The number of carboxylic acids is 1. The van der Waals surface area contributed by atoms with Crippen LogP contribution in [0, 0.1) is 0 Å². The average Bonchev–Trinajstić information content (AvgIpc) is 3.79. The second kappa shape index (κ2) is 14.9. The minimum absolute atomic E-state index is 0.100. The minimum Gasteiger partial charge on any atom is -0.479 e. The number of hydrogen-bond acceptors (Lipinski definition) is 13. The van der Waals surface area contributed by atoms with Gasteiger partial charge in [-0.3, -0.25) is 9.46 Å². The summed E-state index contributed by atoms with van der Waals surface area (Å²) in [4.78, 5) is 32.5. The second-order valence-electron chi connectivity index (χ2n) is 13.9. The SMILES string of the molecule is CCOP(=O)(OCC)C(COC)(OC[C@H]1O[C@H](c2ccc3c(N(C(=O)OC(C)(C)C)C4CCCC4)nc(Cl)nn23)[C@@H]2OC(C)(C)O[C@@H]21)C(=O)O. The molecule has 2 aromatic rings. The Morgan fingerprint density at radius 1 is 1.12 bits per heavy atom. The molecule has 0 radical (unpaired) electrons. The number of carbonyl (C=O) groups is 2. The number of carboxylic acid groups (broad SMARTS) is 1. The predicted molar refractivity (Wildman–Crippen MR) is 179 cm³/mol. The van der Waals surface area contributed by atoms with Crippen LogP contribution >= 0.6 is 19.2 Å². The van der Waals surface area contributed by atoms with Crippen molar-refractivity contribution < 1.29 is 56.7 Å². The number of halogens is 1. The zero-order valence-electron chi connectivity index (χ0n) is 29.8. The first-order chi connectivity index (χ1) is 23.5. The third-order valence-electron chi connectivity index (χ3n) is 8.65. The van der Waals surface area contributed by atoms with Gasteiger partial charge in [-0.05, 0) is 85.0 Å². The third-order valence-corrected chi connectivity index (χ3v) is 11.3. The van der Waals surface area contributed by atoms with Crippen molar-refractivity contribution in [3.05, 3.63) is 23.1 Å². The molecule has 0 bridgehead atoms. The van der Waals surface area contributed by atoms with Crippen molar-refractivity contribution in [2.24, 2.45) is 0 Å². The lowest BCUT2D eigenvalue weighted by Gasteiger charge is -2.35. The number of methoxy groups -OCH3 is 1. The summed E-state index contributed by atoms with van der Waals surface area (Å²) >= 11 is 6.53. The Morgan fingerprint density at radius 2 is 1.76 bits per heavy atom. The van der Waals surface area contributed by atoms with Gasteiger partial charge in [-0.1, -0.05) is 12.8 Å². The van der Waals surface area contributed by atoms with Gasteiger partial charge in [-0.25, -0.2) is 14.1 Å². The van der Waals surface area contributed by atoms with E-state index in [0.29, 0.717) is 17.0 Å². The highest BCUT2D eigenvalue weighted by Gasteiger charge is 2.62. The molecule has 280 valence electrons. The van der Waals surface area contributed by atoms with Crippen molar-refractivity contribution in [2.45, 2.75) is 121 Å². The van der Waals surface area contributed by atoms with Crippen LogP contribution < -0.4 is 4.90 Å². The number of ether oxygens (including phenoxy) is 6. The molecule has 2 aliphatic heterocycles. The van der Waals surface area contributed by atoms with Crippen molar-refractivity contribution >= 4 is 42.6 Å². The summed E-state index contributed by atoms with van der Waals surface area (Å²) < 4.78 is 62.4. The van der Waals surface area contributed by atoms with Crippen molar-refractivity contribution in [3.8, 4) is 0 Å². The van der Waals surface area contributed by atoms with E-state index in [9.17, 15) is 19.3 Å². The number of anilines is 1. The summed E-state index contributed by atoms with van der Waals surface area (Å²) in [6, 6.07) is 3.39. The summed E-state index contributed by atoms with van der Waals surface area (Å²) in [5, 5.41) is 12.3. The van der Waals surface area contributed by atoms with Crippen molar-refractivity contribution in [1.29, 1.82) is 0 Å². The van der Waals surface area contributed by atoms with Gasteiger partial charge in [0.25, 0.3) is 5.34 Å². The number of aromatic nitrogens is 3. The molecule has 18 heteroatoms.